The summed E-state index contributed by atoms with van der Waals surface area (Å²) >= 11 is 0. The van der Waals surface area contributed by atoms with Gasteiger partial charge >= 0.3 is 6.09 Å². The number of amides is 1. The average molecular weight is 416 g/mol. The zero-order valence-corrected chi connectivity index (χ0v) is 19.7. The lowest BCUT2D eigenvalue weighted by Gasteiger charge is -2.26. The van der Waals surface area contributed by atoms with Crippen molar-refractivity contribution >= 4 is 6.09 Å². The zero-order valence-electron chi connectivity index (χ0n) is 19.7. The Hall–Kier alpha value is -1.97. The highest BCUT2D eigenvalue weighted by Crippen LogP contribution is 2.32. The predicted octanol–water partition coefficient (Wildman–Crippen LogP) is 6.39. The topological polar surface area (TPSA) is 47.6 Å². The molecule has 4 heteroatoms. The molecule has 1 aromatic carbocycles. The van der Waals surface area contributed by atoms with Gasteiger partial charge in [-0.05, 0) is 94.7 Å². The third-order valence-electron chi connectivity index (χ3n) is 5.57. The molecule has 1 amide bonds. The van der Waals surface area contributed by atoms with Gasteiger partial charge in [0.05, 0.1) is 6.61 Å². The number of allylic oxidation sites excluding steroid dienone is 1. The Morgan fingerprint density at radius 2 is 1.87 bits per heavy atom. The number of carbonyl (C=O) groups is 1. The molecule has 30 heavy (non-hydrogen) atoms. The van der Waals surface area contributed by atoms with Gasteiger partial charge in [0.1, 0.15) is 11.4 Å². The minimum Gasteiger partial charge on any atom is -0.493 e. The first-order chi connectivity index (χ1) is 14.1. The zero-order chi connectivity index (χ0) is 22.2. The fourth-order valence-electron chi connectivity index (χ4n) is 3.99. The summed E-state index contributed by atoms with van der Waals surface area (Å²) in [5, 5.41) is 2.89. The summed E-state index contributed by atoms with van der Waals surface area (Å²) in [5.41, 5.74) is 3.88. The van der Waals surface area contributed by atoms with E-state index in [1.54, 1.807) is 0 Å². The van der Waals surface area contributed by atoms with Crippen LogP contribution in [0.25, 0.3) is 0 Å². The van der Waals surface area contributed by atoms with E-state index in [0.29, 0.717) is 6.54 Å². The summed E-state index contributed by atoms with van der Waals surface area (Å²) in [5.74, 6) is 1.03. The molecule has 1 aromatic rings. The molecule has 1 aliphatic carbocycles. The number of rotatable bonds is 10. The summed E-state index contributed by atoms with van der Waals surface area (Å²) < 4.78 is 11.5. The standard InChI is InChI=1S/C26H41NO3/c1-7-12-22-21-14-9-8-13-20(21)15-16-23(22)29-18-11-10-17-26(5,6)19-27-24(28)30-25(2,3)4/h7,15-16H,1,8-14,17-19H2,2-6H3,(H,27,28). The normalized spacial score (nSPS) is 14.0. The van der Waals surface area contributed by atoms with Crippen LogP contribution in [0.4, 0.5) is 4.79 Å². The van der Waals surface area contributed by atoms with Gasteiger partial charge in [0.15, 0.2) is 0 Å². The van der Waals surface area contributed by atoms with Crippen molar-refractivity contribution in [2.75, 3.05) is 13.2 Å². The van der Waals surface area contributed by atoms with Crippen molar-refractivity contribution in [3.63, 3.8) is 0 Å². The first kappa shape index (κ1) is 24.3. The van der Waals surface area contributed by atoms with Gasteiger partial charge in [-0.2, -0.15) is 0 Å². The van der Waals surface area contributed by atoms with E-state index in [-0.39, 0.29) is 11.5 Å². The molecule has 0 heterocycles. The number of carbonyl (C=O) groups excluding carboxylic acids is 1. The highest BCUT2D eigenvalue weighted by molar-refractivity contribution is 5.67. The molecule has 0 aliphatic heterocycles. The number of nitrogens with one attached hydrogen (secondary N) is 1. The molecule has 1 aliphatic rings. The summed E-state index contributed by atoms with van der Waals surface area (Å²) in [4.78, 5) is 11.9. The molecule has 0 unspecified atom stereocenters. The van der Waals surface area contributed by atoms with Gasteiger partial charge in [-0.15, -0.1) is 6.58 Å². The Labute approximate surface area is 183 Å². The number of benzene rings is 1. The molecule has 2 rings (SSSR count). The van der Waals surface area contributed by atoms with Gasteiger partial charge in [0.25, 0.3) is 0 Å². The number of hydrogen-bond acceptors (Lipinski definition) is 3. The van der Waals surface area contributed by atoms with Crippen LogP contribution in [0.5, 0.6) is 5.75 Å². The lowest BCUT2D eigenvalue weighted by molar-refractivity contribution is 0.0503. The quantitative estimate of drug-likeness (QED) is 0.355. The molecular weight excluding hydrogens is 374 g/mol. The minimum atomic E-state index is -0.466. The fourth-order valence-corrected chi connectivity index (χ4v) is 3.99. The molecule has 0 aromatic heterocycles. The van der Waals surface area contributed by atoms with Crippen LogP contribution >= 0.6 is 0 Å². The number of fused-ring (bicyclic) bond motifs is 1. The Balaban J connectivity index is 1.77. The molecule has 0 atom stereocenters. The van der Waals surface area contributed by atoms with E-state index in [4.69, 9.17) is 9.47 Å². The predicted molar refractivity (Wildman–Crippen MR) is 124 cm³/mol. The van der Waals surface area contributed by atoms with Crippen molar-refractivity contribution in [2.24, 2.45) is 5.41 Å². The van der Waals surface area contributed by atoms with Crippen molar-refractivity contribution in [3.8, 4) is 5.75 Å². The van der Waals surface area contributed by atoms with E-state index < -0.39 is 5.60 Å². The second-order valence-corrected chi connectivity index (χ2v) is 10.2. The molecule has 1 N–H and O–H groups in total. The van der Waals surface area contributed by atoms with E-state index in [1.165, 1.54) is 36.0 Å². The molecule has 0 spiro atoms. The number of hydrogen-bond donors (Lipinski definition) is 1. The Kier molecular flexibility index (Phi) is 8.81. The summed E-state index contributed by atoms with van der Waals surface area (Å²) in [6, 6.07) is 4.40. The maximum Gasteiger partial charge on any atom is 0.407 e. The van der Waals surface area contributed by atoms with Crippen LogP contribution in [-0.4, -0.2) is 24.8 Å². The van der Waals surface area contributed by atoms with Crippen molar-refractivity contribution < 1.29 is 14.3 Å². The number of unbranched alkanes of at least 4 members (excludes halogenated alkanes) is 1. The van der Waals surface area contributed by atoms with Crippen molar-refractivity contribution in [1.29, 1.82) is 0 Å². The van der Waals surface area contributed by atoms with Crippen LogP contribution in [0, 0.1) is 5.41 Å². The molecule has 168 valence electrons. The van der Waals surface area contributed by atoms with Crippen molar-refractivity contribution in [1.82, 2.24) is 5.32 Å². The van der Waals surface area contributed by atoms with Gasteiger partial charge in [0.2, 0.25) is 0 Å². The van der Waals surface area contributed by atoms with Crippen molar-refractivity contribution in [2.45, 2.75) is 91.6 Å². The number of ether oxygens (including phenoxy) is 2. The maximum absolute atomic E-state index is 11.9. The Morgan fingerprint density at radius 3 is 2.57 bits per heavy atom. The smallest absolute Gasteiger partial charge is 0.407 e. The molecule has 0 bridgehead atoms. The van der Waals surface area contributed by atoms with E-state index in [0.717, 1.165) is 44.5 Å². The lowest BCUT2D eigenvalue weighted by Crippen LogP contribution is -2.38. The highest BCUT2D eigenvalue weighted by atomic mass is 16.6. The second-order valence-electron chi connectivity index (χ2n) is 10.2. The van der Waals surface area contributed by atoms with Gasteiger partial charge in [0, 0.05) is 12.1 Å². The first-order valence-corrected chi connectivity index (χ1v) is 11.5. The van der Waals surface area contributed by atoms with E-state index in [2.05, 4.69) is 37.9 Å². The summed E-state index contributed by atoms with van der Waals surface area (Å²) in [7, 11) is 0. The SMILES string of the molecule is C=CCc1c(OCCCCC(C)(C)CNC(=O)OC(C)(C)C)ccc2c1CCCC2. The molecular formula is C26H41NO3. The van der Waals surface area contributed by atoms with Gasteiger partial charge < -0.3 is 14.8 Å². The van der Waals surface area contributed by atoms with E-state index >= 15 is 0 Å². The molecule has 4 nitrogen and oxygen atoms in total. The largest absolute Gasteiger partial charge is 0.493 e. The lowest BCUT2D eigenvalue weighted by atomic mass is 9.86. The third kappa shape index (κ3) is 8.04. The summed E-state index contributed by atoms with van der Waals surface area (Å²) in [6.07, 6.45) is 10.5. The van der Waals surface area contributed by atoms with Crippen LogP contribution in [0.15, 0.2) is 24.8 Å². The van der Waals surface area contributed by atoms with Crippen LogP contribution in [0.2, 0.25) is 0 Å². The van der Waals surface area contributed by atoms with Gasteiger partial charge in [-0.1, -0.05) is 26.0 Å². The monoisotopic (exact) mass is 415 g/mol. The molecule has 0 saturated heterocycles. The number of aryl methyl sites for hydroxylation is 1. The Morgan fingerprint density at radius 1 is 1.13 bits per heavy atom. The molecule has 0 fully saturated rings. The van der Waals surface area contributed by atoms with E-state index in [1.807, 2.05) is 26.8 Å². The maximum atomic E-state index is 11.9. The van der Waals surface area contributed by atoms with Crippen molar-refractivity contribution in [3.05, 3.63) is 41.5 Å². The van der Waals surface area contributed by atoms with Crippen LogP contribution in [0.3, 0.4) is 0 Å². The van der Waals surface area contributed by atoms with E-state index in [9.17, 15) is 4.79 Å². The van der Waals surface area contributed by atoms with Crippen LogP contribution in [0.1, 0.15) is 83.4 Å². The molecule has 0 saturated carbocycles. The average Bonchev–Trinajstić information content (AvgIpc) is 2.66. The molecule has 0 radical (unpaired) electrons. The van der Waals surface area contributed by atoms with Gasteiger partial charge in [-0.3, -0.25) is 0 Å². The summed E-state index contributed by atoms with van der Waals surface area (Å²) in [6.45, 7) is 15.2. The van der Waals surface area contributed by atoms with Gasteiger partial charge in [-0.25, -0.2) is 4.79 Å². The fraction of sp³-hybridized carbons (Fsp3) is 0.654. The second kappa shape index (κ2) is 10.9. The van der Waals surface area contributed by atoms with Crippen LogP contribution in [-0.2, 0) is 24.0 Å². The number of alkyl carbamates (subject to hydrolysis) is 1. The first-order valence-electron chi connectivity index (χ1n) is 11.5. The minimum absolute atomic E-state index is 0.0245. The third-order valence-corrected chi connectivity index (χ3v) is 5.57. The van der Waals surface area contributed by atoms with Crippen LogP contribution < -0.4 is 10.1 Å². The highest BCUT2D eigenvalue weighted by Gasteiger charge is 2.22. The Bertz CT molecular complexity index is 716.